The first-order chi connectivity index (χ1) is 21.7. The summed E-state index contributed by atoms with van der Waals surface area (Å²) in [5, 5.41) is 20.7. The van der Waals surface area contributed by atoms with Crippen molar-refractivity contribution in [2.45, 2.75) is 82.0 Å². The quantitative estimate of drug-likeness (QED) is 0.302. The number of hydrogen-bond donors (Lipinski definition) is 3. The van der Waals surface area contributed by atoms with Gasteiger partial charge in [-0.3, -0.25) is 9.59 Å². The Kier molecular flexibility index (Phi) is 9.49. The maximum Gasteiger partial charge on any atom is 0.254 e. The highest BCUT2D eigenvalue weighted by molar-refractivity contribution is 7.09. The maximum absolute atomic E-state index is 14.1. The number of halogens is 2. The molecule has 8 nitrogen and oxygen atoms in total. The number of carbonyl (C=O) groups excluding carboxylic acids is 2. The lowest BCUT2D eigenvalue weighted by molar-refractivity contribution is -0.0220. The third kappa shape index (κ3) is 7.37. The van der Waals surface area contributed by atoms with Gasteiger partial charge in [0.05, 0.1) is 18.2 Å². The monoisotopic (exact) mass is 637 g/mol. The second-order valence-electron chi connectivity index (χ2n) is 12.6. The number of anilines is 1. The number of aliphatic hydroxyl groups excluding tert-OH is 1. The average Bonchev–Trinajstić information content (AvgIpc) is 3.83. The lowest BCUT2D eigenvalue weighted by Gasteiger charge is -2.34. The second kappa shape index (κ2) is 13.5. The molecule has 0 aliphatic carbocycles. The molecule has 3 saturated heterocycles. The largest absolute Gasteiger partial charge is 0.389 e. The highest BCUT2D eigenvalue weighted by Gasteiger charge is 2.37. The van der Waals surface area contributed by atoms with Crippen LogP contribution in [0.25, 0.3) is 0 Å². The highest BCUT2D eigenvalue weighted by atomic mass is 32.1. The van der Waals surface area contributed by atoms with Gasteiger partial charge >= 0.3 is 0 Å². The molecule has 0 saturated carbocycles. The molecule has 2 aromatic carbocycles. The van der Waals surface area contributed by atoms with Crippen molar-refractivity contribution < 1.29 is 23.5 Å². The van der Waals surface area contributed by atoms with Crippen molar-refractivity contribution in [3.8, 4) is 0 Å². The Morgan fingerprint density at radius 1 is 1.09 bits per heavy atom. The number of amides is 2. The Bertz CT molecular complexity index is 1490. The van der Waals surface area contributed by atoms with Gasteiger partial charge in [0.25, 0.3) is 17.7 Å². The van der Waals surface area contributed by atoms with Crippen molar-refractivity contribution in [3.63, 3.8) is 0 Å². The van der Waals surface area contributed by atoms with Crippen LogP contribution in [0.15, 0.2) is 53.9 Å². The molecular weight excluding hydrogens is 596 g/mol. The van der Waals surface area contributed by atoms with E-state index in [0.29, 0.717) is 24.2 Å². The van der Waals surface area contributed by atoms with E-state index in [1.54, 1.807) is 29.5 Å². The molecule has 3 N–H and O–H groups in total. The van der Waals surface area contributed by atoms with Crippen molar-refractivity contribution in [2.24, 2.45) is 0 Å². The lowest BCUT2D eigenvalue weighted by atomic mass is 9.95. The fourth-order valence-electron chi connectivity index (χ4n) is 6.76. The number of likely N-dealkylation sites (tertiary alicyclic amines) is 1. The second-order valence-corrected chi connectivity index (χ2v) is 13.4. The van der Waals surface area contributed by atoms with Crippen LogP contribution in [-0.4, -0.2) is 77.1 Å². The molecule has 1 aromatic heterocycles. The molecule has 3 aromatic rings. The molecule has 2 amide bonds. The molecule has 3 aliphatic rings. The normalized spacial score (nSPS) is 22.8. The summed E-state index contributed by atoms with van der Waals surface area (Å²) < 4.78 is 28.1. The third-order valence-electron chi connectivity index (χ3n) is 9.26. The van der Waals surface area contributed by atoms with Crippen LogP contribution in [0.4, 0.5) is 14.5 Å². The molecule has 0 spiro atoms. The first-order valence-electron chi connectivity index (χ1n) is 15.9. The van der Waals surface area contributed by atoms with Gasteiger partial charge < -0.3 is 25.5 Å². The van der Waals surface area contributed by atoms with Gasteiger partial charge in [0.2, 0.25) is 0 Å². The minimum atomic E-state index is -2.73. The number of aromatic nitrogens is 1. The molecule has 240 valence electrons. The van der Waals surface area contributed by atoms with Crippen molar-refractivity contribution in [2.75, 3.05) is 31.1 Å². The van der Waals surface area contributed by atoms with Crippen molar-refractivity contribution in [3.05, 3.63) is 81.3 Å². The summed E-state index contributed by atoms with van der Waals surface area (Å²) in [6.45, 7) is 3.57. The van der Waals surface area contributed by atoms with Gasteiger partial charge in [-0.05, 0) is 69.3 Å². The SMILES string of the molecule is Cc1csc(C2CCCN2C(=O)c2cc(C(=O)NC(Cc3ccccc3)C(O)C3CCCN3)cc(N3CCC(F)(F)CC3)c2)n1. The number of thiazole rings is 1. The van der Waals surface area contributed by atoms with E-state index in [1.165, 1.54) is 0 Å². The molecule has 45 heavy (non-hydrogen) atoms. The summed E-state index contributed by atoms with van der Waals surface area (Å²) in [6.07, 6.45) is 2.45. The van der Waals surface area contributed by atoms with Crippen LogP contribution in [0.5, 0.6) is 0 Å². The van der Waals surface area contributed by atoms with E-state index in [4.69, 9.17) is 0 Å². The van der Waals surface area contributed by atoms with E-state index in [-0.39, 0.29) is 49.5 Å². The number of hydrogen-bond acceptors (Lipinski definition) is 7. The average molecular weight is 638 g/mol. The van der Waals surface area contributed by atoms with Gasteiger partial charge in [-0.15, -0.1) is 11.3 Å². The number of aliphatic hydroxyl groups is 1. The molecule has 4 heterocycles. The number of piperidine rings is 1. The topological polar surface area (TPSA) is 97.8 Å². The van der Waals surface area contributed by atoms with E-state index in [2.05, 4.69) is 15.6 Å². The fraction of sp³-hybridized carbons (Fsp3) is 0.500. The number of carbonyl (C=O) groups is 2. The van der Waals surface area contributed by atoms with E-state index < -0.39 is 24.0 Å². The molecule has 4 atom stereocenters. The van der Waals surface area contributed by atoms with E-state index >= 15 is 0 Å². The van der Waals surface area contributed by atoms with Gasteiger partial charge in [-0.1, -0.05) is 30.3 Å². The number of alkyl halides is 2. The van der Waals surface area contributed by atoms with Crippen LogP contribution in [0.1, 0.15) is 81.5 Å². The standard InChI is InChI=1S/C34H41F2N5O3S/c1-22-21-45-32(38-22)29-10-6-14-41(29)33(44)25-18-24(19-26(20-25)40-15-11-34(35,36)12-16-40)31(43)39-28(17-23-7-3-2-4-8-23)30(42)27-9-5-13-37-27/h2-4,7-8,18-21,27-30,37,42H,5-6,9-17H2,1H3,(H,39,43). The van der Waals surface area contributed by atoms with Crippen LogP contribution in [0.3, 0.4) is 0 Å². The van der Waals surface area contributed by atoms with Crippen LogP contribution in [0, 0.1) is 6.92 Å². The zero-order valence-corrected chi connectivity index (χ0v) is 26.4. The molecular formula is C34H41F2N5O3S. The number of aryl methyl sites for hydroxylation is 1. The summed E-state index contributed by atoms with van der Waals surface area (Å²) in [4.78, 5) is 36.3. The molecule has 4 unspecified atom stereocenters. The summed E-state index contributed by atoms with van der Waals surface area (Å²) in [5.74, 6) is -3.35. The van der Waals surface area contributed by atoms with Crippen LogP contribution < -0.4 is 15.5 Å². The maximum atomic E-state index is 14.1. The van der Waals surface area contributed by atoms with E-state index in [0.717, 1.165) is 48.5 Å². The zero-order valence-electron chi connectivity index (χ0n) is 25.6. The molecule has 11 heteroatoms. The summed E-state index contributed by atoms with van der Waals surface area (Å²) in [5.41, 5.74) is 3.07. The van der Waals surface area contributed by atoms with Gasteiger partial charge in [0.15, 0.2) is 0 Å². The molecule has 3 fully saturated rings. The Balaban J connectivity index is 1.30. The summed E-state index contributed by atoms with van der Waals surface area (Å²) in [7, 11) is 0. The molecule has 0 bridgehead atoms. The number of benzene rings is 2. The van der Waals surface area contributed by atoms with Gasteiger partial charge in [0, 0.05) is 66.4 Å². The van der Waals surface area contributed by atoms with E-state index in [9.17, 15) is 23.5 Å². The third-order valence-corrected chi connectivity index (χ3v) is 10.3. The summed E-state index contributed by atoms with van der Waals surface area (Å²) >= 11 is 1.54. The smallest absolute Gasteiger partial charge is 0.254 e. The Morgan fingerprint density at radius 3 is 2.53 bits per heavy atom. The Hall–Kier alpha value is -3.41. The minimum absolute atomic E-state index is 0.124. The van der Waals surface area contributed by atoms with Gasteiger partial charge in [0.1, 0.15) is 5.01 Å². The van der Waals surface area contributed by atoms with Crippen molar-refractivity contribution >= 4 is 28.8 Å². The van der Waals surface area contributed by atoms with E-state index in [1.807, 2.05) is 52.4 Å². The lowest BCUT2D eigenvalue weighted by Crippen LogP contribution is -2.52. The van der Waals surface area contributed by atoms with Gasteiger partial charge in [-0.2, -0.15) is 0 Å². The highest BCUT2D eigenvalue weighted by Crippen LogP contribution is 2.36. The number of rotatable bonds is 9. The minimum Gasteiger partial charge on any atom is -0.389 e. The predicted molar refractivity (Wildman–Crippen MR) is 171 cm³/mol. The number of nitrogens with one attached hydrogen (secondary N) is 2. The van der Waals surface area contributed by atoms with Crippen molar-refractivity contribution in [1.29, 1.82) is 0 Å². The van der Waals surface area contributed by atoms with Crippen molar-refractivity contribution in [1.82, 2.24) is 20.5 Å². The first kappa shape index (κ1) is 31.6. The molecule has 3 aliphatic heterocycles. The molecule has 6 rings (SSSR count). The Labute approximate surface area is 266 Å². The van der Waals surface area contributed by atoms with Crippen LogP contribution >= 0.6 is 11.3 Å². The Morgan fingerprint density at radius 2 is 1.84 bits per heavy atom. The zero-order chi connectivity index (χ0) is 31.6. The van der Waals surface area contributed by atoms with Gasteiger partial charge in [-0.25, -0.2) is 13.8 Å². The predicted octanol–water partition coefficient (Wildman–Crippen LogP) is 5.12. The molecule has 0 radical (unpaired) electrons. The fourth-order valence-corrected chi connectivity index (χ4v) is 7.70. The number of nitrogens with zero attached hydrogens (tertiary/aromatic N) is 3. The van der Waals surface area contributed by atoms with Crippen LogP contribution in [0.2, 0.25) is 0 Å². The summed E-state index contributed by atoms with van der Waals surface area (Å²) in [6, 6.07) is 13.9. The van der Waals surface area contributed by atoms with Crippen LogP contribution in [-0.2, 0) is 6.42 Å². The first-order valence-corrected chi connectivity index (χ1v) is 16.8.